The molecule has 21 heavy (non-hydrogen) atoms. The van der Waals surface area contributed by atoms with Gasteiger partial charge >= 0.3 is 0 Å². The Balaban J connectivity index is 2.00. The lowest BCUT2D eigenvalue weighted by Crippen LogP contribution is -1.82. The van der Waals surface area contributed by atoms with Crippen molar-refractivity contribution in [2.75, 3.05) is 0 Å². The summed E-state index contributed by atoms with van der Waals surface area (Å²) >= 11 is 12.7. The molecule has 0 spiro atoms. The minimum atomic E-state index is -0.216. The molecule has 0 aromatic carbocycles. The average molecular weight is 353 g/mol. The van der Waals surface area contributed by atoms with Crippen molar-refractivity contribution in [3.05, 3.63) is 44.7 Å². The van der Waals surface area contributed by atoms with Gasteiger partial charge in [-0.2, -0.15) is 0 Å². The predicted octanol–water partition coefficient (Wildman–Crippen LogP) is 4.97. The molecule has 0 aliphatic heterocycles. The molecule has 0 atom stereocenters. The lowest BCUT2D eigenvalue weighted by molar-refractivity contribution is 0.109. The van der Waals surface area contributed by atoms with Gasteiger partial charge in [0.2, 0.25) is 5.12 Å². The van der Waals surface area contributed by atoms with Crippen molar-refractivity contribution < 1.29 is 4.79 Å². The Kier molecular flexibility index (Phi) is 4.12. The summed E-state index contributed by atoms with van der Waals surface area (Å²) in [5.74, 6) is 0. The normalized spacial score (nSPS) is 10.8. The monoisotopic (exact) mass is 352 g/mol. The van der Waals surface area contributed by atoms with Gasteiger partial charge in [-0.1, -0.05) is 24.2 Å². The number of aryl methyl sites for hydroxylation is 1. The van der Waals surface area contributed by atoms with Crippen molar-refractivity contribution in [3.63, 3.8) is 0 Å². The molecule has 0 saturated carbocycles. The van der Waals surface area contributed by atoms with E-state index in [4.69, 9.17) is 11.6 Å². The third-order valence-electron chi connectivity index (χ3n) is 2.89. The van der Waals surface area contributed by atoms with Crippen LogP contribution < -0.4 is 0 Å². The lowest BCUT2D eigenvalue weighted by atomic mass is 10.2. The molecule has 0 N–H and O–H groups in total. The summed E-state index contributed by atoms with van der Waals surface area (Å²) in [4.78, 5) is 21.6. The van der Waals surface area contributed by atoms with Gasteiger partial charge in [0.1, 0.15) is 10.2 Å². The first kappa shape index (κ1) is 14.7. The molecule has 0 aliphatic carbocycles. The van der Waals surface area contributed by atoms with Crippen molar-refractivity contribution in [2.45, 2.75) is 6.92 Å². The Bertz CT molecular complexity index is 825. The van der Waals surface area contributed by atoms with E-state index in [-0.39, 0.29) is 5.12 Å². The van der Waals surface area contributed by atoms with Crippen LogP contribution in [0.5, 0.6) is 0 Å². The highest BCUT2D eigenvalue weighted by Crippen LogP contribution is 2.35. The molecule has 7 heteroatoms. The lowest BCUT2D eigenvalue weighted by Gasteiger charge is -1.96. The van der Waals surface area contributed by atoms with Crippen LogP contribution in [0.1, 0.15) is 14.5 Å². The molecule has 0 unspecified atom stereocenters. The van der Waals surface area contributed by atoms with Crippen LogP contribution in [-0.2, 0) is 0 Å². The zero-order chi connectivity index (χ0) is 15.0. The zero-order valence-electron chi connectivity index (χ0n) is 10.8. The number of pyridine rings is 1. The van der Waals surface area contributed by atoms with E-state index in [1.165, 1.54) is 22.7 Å². The summed E-state index contributed by atoms with van der Waals surface area (Å²) < 4.78 is 0. The summed E-state index contributed by atoms with van der Waals surface area (Å²) in [7, 11) is 0. The molecule has 0 aliphatic rings. The standard InChI is InChI=1S/C14H9ClN2OS3/c1-7-9(5-11(21-7)14(18)19)13-17-10(6-20-13)8-2-3-16-12(15)4-8/h2-6H,1H3,(H,18,19). The molecule has 0 bridgehead atoms. The first-order valence-electron chi connectivity index (χ1n) is 5.96. The summed E-state index contributed by atoms with van der Waals surface area (Å²) in [6.45, 7) is 1.98. The van der Waals surface area contributed by atoms with E-state index in [1.54, 1.807) is 12.3 Å². The molecule has 3 rings (SSSR count). The number of halogens is 1. The van der Waals surface area contributed by atoms with E-state index < -0.39 is 0 Å². The van der Waals surface area contributed by atoms with Crippen molar-refractivity contribution >= 4 is 52.0 Å². The van der Waals surface area contributed by atoms with Crippen molar-refractivity contribution in [2.24, 2.45) is 0 Å². The maximum atomic E-state index is 11.3. The SMILES string of the molecule is Cc1sc(C(=O)S)cc1-c1nc(-c2ccnc(Cl)c2)cs1. The molecule has 0 amide bonds. The second-order valence-electron chi connectivity index (χ2n) is 4.29. The largest absolute Gasteiger partial charge is 0.281 e. The number of thiol groups is 1. The van der Waals surface area contributed by atoms with Gasteiger partial charge in [0.05, 0.1) is 10.6 Å². The molecule has 106 valence electrons. The number of carbonyl (C=O) groups excluding carboxylic acids is 1. The van der Waals surface area contributed by atoms with Crippen LogP contribution in [0.3, 0.4) is 0 Å². The van der Waals surface area contributed by atoms with Gasteiger partial charge in [0, 0.05) is 27.6 Å². The highest BCUT2D eigenvalue weighted by Gasteiger charge is 2.14. The second-order valence-corrected chi connectivity index (χ2v) is 7.20. The highest BCUT2D eigenvalue weighted by molar-refractivity contribution is 7.97. The molecule has 0 radical (unpaired) electrons. The molecule has 3 heterocycles. The van der Waals surface area contributed by atoms with Gasteiger partial charge in [0.15, 0.2) is 0 Å². The summed E-state index contributed by atoms with van der Waals surface area (Å²) in [5.41, 5.74) is 2.76. The van der Waals surface area contributed by atoms with Gasteiger partial charge in [-0.15, -0.1) is 22.7 Å². The Hall–Kier alpha value is -1.21. The fourth-order valence-corrected chi connectivity index (χ4v) is 4.09. The minimum absolute atomic E-state index is 0.216. The summed E-state index contributed by atoms with van der Waals surface area (Å²) in [6.07, 6.45) is 1.66. The molecular weight excluding hydrogens is 344 g/mol. The molecule has 3 nitrogen and oxygen atoms in total. The topological polar surface area (TPSA) is 42.9 Å². The van der Waals surface area contributed by atoms with E-state index >= 15 is 0 Å². The van der Waals surface area contributed by atoms with Crippen LogP contribution in [-0.4, -0.2) is 15.1 Å². The maximum absolute atomic E-state index is 11.3. The molecule has 0 fully saturated rings. The molecule has 3 aromatic heterocycles. The van der Waals surface area contributed by atoms with Crippen LogP contribution in [0.2, 0.25) is 5.15 Å². The number of aromatic nitrogens is 2. The van der Waals surface area contributed by atoms with E-state index in [9.17, 15) is 4.79 Å². The van der Waals surface area contributed by atoms with Crippen molar-refractivity contribution in [3.8, 4) is 21.8 Å². The van der Waals surface area contributed by atoms with Gasteiger partial charge in [-0.25, -0.2) is 9.97 Å². The van der Waals surface area contributed by atoms with Crippen LogP contribution in [0, 0.1) is 6.92 Å². The Morgan fingerprint density at radius 2 is 2.19 bits per heavy atom. The fourth-order valence-electron chi connectivity index (χ4n) is 1.89. The molecule has 3 aromatic rings. The first-order valence-corrected chi connectivity index (χ1v) is 8.48. The van der Waals surface area contributed by atoms with E-state index in [0.717, 1.165) is 26.7 Å². The smallest absolute Gasteiger partial charge is 0.226 e. The Morgan fingerprint density at radius 1 is 1.38 bits per heavy atom. The van der Waals surface area contributed by atoms with Gasteiger partial charge < -0.3 is 0 Å². The summed E-state index contributed by atoms with van der Waals surface area (Å²) in [6, 6.07) is 5.49. The number of nitrogens with zero attached hydrogens (tertiary/aromatic N) is 2. The highest BCUT2D eigenvalue weighted by atomic mass is 35.5. The third kappa shape index (κ3) is 3.03. The number of thiophene rings is 1. The van der Waals surface area contributed by atoms with Gasteiger partial charge in [-0.3, -0.25) is 4.79 Å². The number of hydrogen-bond donors (Lipinski definition) is 1. The van der Waals surface area contributed by atoms with Crippen LogP contribution in [0.25, 0.3) is 21.8 Å². The van der Waals surface area contributed by atoms with Crippen molar-refractivity contribution in [1.82, 2.24) is 9.97 Å². The fraction of sp³-hybridized carbons (Fsp3) is 0.0714. The number of hydrogen-bond acceptors (Lipinski definition) is 5. The van der Waals surface area contributed by atoms with Crippen LogP contribution in [0.15, 0.2) is 29.8 Å². The predicted molar refractivity (Wildman–Crippen MR) is 91.7 cm³/mol. The van der Waals surface area contributed by atoms with Crippen LogP contribution in [0.4, 0.5) is 0 Å². The first-order chi connectivity index (χ1) is 10.0. The minimum Gasteiger partial charge on any atom is -0.281 e. The maximum Gasteiger partial charge on any atom is 0.226 e. The van der Waals surface area contributed by atoms with E-state index in [1.807, 2.05) is 24.4 Å². The Morgan fingerprint density at radius 3 is 2.86 bits per heavy atom. The van der Waals surface area contributed by atoms with Gasteiger partial charge in [0.25, 0.3) is 0 Å². The second kappa shape index (κ2) is 5.88. The number of carbonyl (C=O) groups is 1. The quantitative estimate of drug-likeness (QED) is 0.534. The van der Waals surface area contributed by atoms with E-state index in [2.05, 4.69) is 22.6 Å². The number of rotatable bonds is 3. The van der Waals surface area contributed by atoms with Gasteiger partial charge in [-0.05, 0) is 25.1 Å². The van der Waals surface area contributed by atoms with Crippen molar-refractivity contribution in [1.29, 1.82) is 0 Å². The van der Waals surface area contributed by atoms with E-state index in [0.29, 0.717) is 10.0 Å². The van der Waals surface area contributed by atoms with Crippen LogP contribution >= 0.6 is 46.9 Å². The molecular formula is C14H9ClN2OS3. The summed E-state index contributed by atoms with van der Waals surface area (Å²) in [5, 5.41) is 3.08. The zero-order valence-corrected chi connectivity index (χ0v) is 14.1. The Labute approximate surface area is 140 Å². The molecule has 0 saturated heterocycles. The third-order valence-corrected chi connectivity index (χ3v) is 5.41. The number of thiazole rings is 1. The average Bonchev–Trinajstić information content (AvgIpc) is 3.05.